The van der Waals surface area contributed by atoms with Gasteiger partial charge in [0.25, 0.3) is 0 Å². The monoisotopic (exact) mass is 285 g/mol. The molecule has 0 bridgehead atoms. The van der Waals surface area contributed by atoms with Crippen LogP contribution in [0.15, 0.2) is 12.1 Å². The lowest BCUT2D eigenvalue weighted by Crippen LogP contribution is -2.29. The van der Waals surface area contributed by atoms with E-state index in [2.05, 4.69) is 12.2 Å². The van der Waals surface area contributed by atoms with Crippen molar-refractivity contribution in [2.24, 2.45) is 5.92 Å². The maximum absolute atomic E-state index is 6.18. The average Bonchev–Trinajstić information content (AvgIpc) is 3.08. The Balaban J connectivity index is 1.83. The summed E-state index contributed by atoms with van der Waals surface area (Å²) in [6, 6.07) is 4.70. The molecule has 0 amide bonds. The molecule has 1 aliphatic heterocycles. The van der Waals surface area contributed by atoms with Crippen molar-refractivity contribution < 1.29 is 4.74 Å². The molecule has 1 fully saturated rings. The van der Waals surface area contributed by atoms with Gasteiger partial charge in [-0.25, -0.2) is 0 Å². The second-order valence-corrected chi connectivity index (χ2v) is 6.02. The highest BCUT2D eigenvalue weighted by Crippen LogP contribution is 2.42. The van der Waals surface area contributed by atoms with Crippen LogP contribution in [0.25, 0.3) is 0 Å². The first-order chi connectivity index (χ1) is 8.69. The summed E-state index contributed by atoms with van der Waals surface area (Å²) in [4.78, 5) is 0. The minimum Gasteiger partial charge on any atom is -0.492 e. The van der Waals surface area contributed by atoms with Crippen molar-refractivity contribution in [1.82, 2.24) is 5.32 Å². The van der Waals surface area contributed by atoms with Crippen molar-refractivity contribution in [1.29, 1.82) is 0 Å². The summed E-state index contributed by atoms with van der Waals surface area (Å²) in [5, 5.41) is 5.00. The molecule has 0 aromatic heterocycles. The predicted molar refractivity (Wildman–Crippen MR) is 74.6 cm³/mol. The number of fused-ring (bicyclic) bond motifs is 1. The number of rotatable bonds is 3. The summed E-state index contributed by atoms with van der Waals surface area (Å²) in [5.74, 6) is 1.64. The maximum atomic E-state index is 6.18. The molecule has 1 aromatic rings. The van der Waals surface area contributed by atoms with E-state index in [1.54, 1.807) is 6.07 Å². The Morgan fingerprint density at radius 3 is 2.94 bits per heavy atom. The van der Waals surface area contributed by atoms with Gasteiger partial charge in [0, 0.05) is 29.1 Å². The second-order valence-electron chi connectivity index (χ2n) is 5.17. The molecule has 18 heavy (non-hydrogen) atoms. The molecule has 3 atom stereocenters. The molecule has 1 heterocycles. The Labute approximate surface area is 118 Å². The molecular formula is C14H17Cl2NO. The Hall–Kier alpha value is -0.440. The zero-order valence-corrected chi connectivity index (χ0v) is 11.9. The molecule has 1 N–H and O–H groups in total. The first kappa shape index (κ1) is 12.6. The smallest absolute Gasteiger partial charge is 0.142 e. The van der Waals surface area contributed by atoms with E-state index in [-0.39, 0.29) is 0 Å². The van der Waals surface area contributed by atoms with E-state index >= 15 is 0 Å². The van der Waals surface area contributed by atoms with Crippen molar-refractivity contribution >= 4 is 23.2 Å². The molecule has 2 aliphatic rings. The normalized spacial score (nSPS) is 29.6. The number of benzene rings is 1. The van der Waals surface area contributed by atoms with Gasteiger partial charge in [0.15, 0.2) is 0 Å². The lowest BCUT2D eigenvalue weighted by atomic mass is 10.0. The van der Waals surface area contributed by atoms with Crippen molar-refractivity contribution in [2.45, 2.75) is 38.3 Å². The molecule has 1 saturated carbocycles. The third-order valence-corrected chi connectivity index (χ3v) is 4.43. The molecule has 0 spiro atoms. The zero-order chi connectivity index (χ0) is 12.7. The predicted octanol–water partition coefficient (Wildman–Crippen LogP) is 4.21. The van der Waals surface area contributed by atoms with Gasteiger partial charge in [0.1, 0.15) is 5.75 Å². The summed E-state index contributed by atoms with van der Waals surface area (Å²) in [6.07, 6.45) is 3.53. The van der Waals surface area contributed by atoms with Gasteiger partial charge < -0.3 is 10.1 Å². The van der Waals surface area contributed by atoms with Crippen LogP contribution < -0.4 is 10.1 Å². The van der Waals surface area contributed by atoms with Gasteiger partial charge in [-0.1, -0.05) is 36.5 Å². The van der Waals surface area contributed by atoms with Crippen molar-refractivity contribution in [2.75, 3.05) is 6.61 Å². The van der Waals surface area contributed by atoms with Crippen molar-refractivity contribution in [3.8, 4) is 5.75 Å². The van der Waals surface area contributed by atoms with Crippen LogP contribution in [0, 0.1) is 5.92 Å². The van der Waals surface area contributed by atoms with Crippen LogP contribution in [-0.2, 0) is 0 Å². The fourth-order valence-corrected chi connectivity index (χ4v) is 3.32. The summed E-state index contributed by atoms with van der Waals surface area (Å²) in [7, 11) is 0. The Bertz CT molecular complexity index is 463. The topological polar surface area (TPSA) is 21.3 Å². The fraction of sp³-hybridized carbons (Fsp3) is 0.571. The minimum atomic E-state index is 0.325. The molecule has 0 radical (unpaired) electrons. The molecule has 98 valence electrons. The van der Waals surface area contributed by atoms with E-state index in [0.29, 0.717) is 22.1 Å². The van der Waals surface area contributed by atoms with Gasteiger partial charge in [-0.3, -0.25) is 0 Å². The van der Waals surface area contributed by atoms with Gasteiger partial charge in [-0.15, -0.1) is 0 Å². The molecule has 3 rings (SSSR count). The molecule has 2 nitrogen and oxygen atoms in total. The van der Waals surface area contributed by atoms with Crippen LogP contribution in [0.1, 0.15) is 37.8 Å². The lowest BCUT2D eigenvalue weighted by Gasteiger charge is -2.28. The number of hydrogen-bond donors (Lipinski definition) is 1. The van der Waals surface area contributed by atoms with Gasteiger partial charge in [-0.05, 0) is 24.5 Å². The Morgan fingerprint density at radius 1 is 1.39 bits per heavy atom. The highest BCUT2D eigenvalue weighted by atomic mass is 35.5. The van der Waals surface area contributed by atoms with Gasteiger partial charge in [0.05, 0.1) is 11.6 Å². The van der Waals surface area contributed by atoms with E-state index in [4.69, 9.17) is 27.9 Å². The zero-order valence-electron chi connectivity index (χ0n) is 10.4. The molecule has 3 unspecified atom stereocenters. The summed E-state index contributed by atoms with van der Waals surface area (Å²) < 4.78 is 5.66. The van der Waals surface area contributed by atoms with Crippen LogP contribution in [0.2, 0.25) is 10.0 Å². The summed E-state index contributed by atoms with van der Waals surface area (Å²) >= 11 is 12.3. The highest BCUT2D eigenvalue weighted by Gasteiger charge is 2.38. The van der Waals surface area contributed by atoms with Crippen molar-refractivity contribution in [3.63, 3.8) is 0 Å². The van der Waals surface area contributed by atoms with E-state index in [9.17, 15) is 0 Å². The first-order valence-corrected chi connectivity index (χ1v) is 7.32. The van der Waals surface area contributed by atoms with Crippen LogP contribution in [0.4, 0.5) is 0 Å². The van der Waals surface area contributed by atoms with E-state index in [1.807, 2.05) is 6.07 Å². The van der Waals surface area contributed by atoms with Crippen LogP contribution in [-0.4, -0.2) is 12.6 Å². The number of hydrogen-bond acceptors (Lipinski definition) is 2. The van der Waals surface area contributed by atoms with Crippen LogP contribution >= 0.6 is 23.2 Å². The number of ether oxygens (including phenoxy) is 1. The molecule has 1 aliphatic carbocycles. The highest BCUT2D eigenvalue weighted by molar-refractivity contribution is 6.35. The minimum absolute atomic E-state index is 0.325. The van der Waals surface area contributed by atoms with Gasteiger partial charge >= 0.3 is 0 Å². The third kappa shape index (κ3) is 2.34. The fourth-order valence-electron chi connectivity index (χ4n) is 2.76. The summed E-state index contributed by atoms with van der Waals surface area (Å²) in [5.41, 5.74) is 1.11. The van der Waals surface area contributed by atoms with E-state index < -0.39 is 0 Å². The van der Waals surface area contributed by atoms with E-state index in [0.717, 1.165) is 30.3 Å². The Kier molecular flexibility index (Phi) is 3.44. The third-order valence-electron chi connectivity index (χ3n) is 3.93. The molecule has 1 aromatic carbocycles. The number of nitrogens with one attached hydrogen (secondary N) is 1. The van der Waals surface area contributed by atoms with Gasteiger partial charge in [-0.2, -0.15) is 0 Å². The average molecular weight is 286 g/mol. The second kappa shape index (κ2) is 4.92. The Morgan fingerprint density at radius 2 is 2.22 bits per heavy atom. The quantitative estimate of drug-likeness (QED) is 0.899. The standard InChI is InChI=1S/C14H17Cl2NO/c1-2-8-5-13(8)17-12-3-4-18-14-10(12)6-9(15)7-11(14)16/h6-8,12-13,17H,2-5H2,1H3. The largest absolute Gasteiger partial charge is 0.492 e. The lowest BCUT2D eigenvalue weighted by molar-refractivity contribution is 0.251. The first-order valence-electron chi connectivity index (χ1n) is 6.56. The van der Waals surface area contributed by atoms with Crippen LogP contribution in [0.3, 0.4) is 0 Å². The van der Waals surface area contributed by atoms with Crippen molar-refractivity contribution in [3.05, 3.63) is 27.7 Å². The number of halogens is 2. The van der Waals surface area contributed by atoms with E-state index in [1.165, 1.54) is 12.8 Å². The maximum Gasteiger partial charge on any atom is 0.142 e. The SMILES string of the molecule is CCC1CC1NC1CCOc2c(Cl)cc(Cl)cc21. The molecular weight excluding hydrogens is 269 g/mol. The van der Waals surface area contributed by atoms with Gasteiger partial charge in [0.2, 0.25) is 0 Å². The van der Waals surface area contributed by atoms with Crippen LogP contribution in [0.5, 0.6) is 5.75 Å². The molecule has 0 saturated heterocycles. The molecule has 4 heteroatoms. The summed E-state index contributed by atoms with van der Waals surface area (Å²) in [6.45, 7) is 2.97.